The van der Waals surface area contributed by atoms with Crippen LogP contribution < -0.4 is 15.2 Å². The van der Waals surface area contributed by atoms with Crippen molar-refractivity contribution in [2.45, 2.75) is 10.9 Å². The zero-order valence-corrected chi connectivity index (χ0v) is 12.2. The molecule has 3 rings (SSSR count). The number of ether oxygens (including phenoxy) is 2. The van der Waals surface area contributed by atoms with Crippen LogP contribution in [0.2, 0.25) is 0 Å². The van der Waals surface area contributed by atoms with Crippen LogP contribution in [0, 0.1) is 5.82 Å². The monoisotopic (exact) mass is 305 g/mol. The topological polar surface area (TPSA) is 44.5 Å². The smallest absolute Gasteiger partial charge is 0.161 e. The van der Waals surface area contributed by atoms with E-state index in [-0.39, 0.29) is 11.9 Å². The van der Waals surface area contributed by atoms with Crippen LogP contribution in [0.3, 0.4) is 0 Å². The Balaban J connectivity index is 1.68. The highest BCUT2D eigenvalue weighted by Crippen LogP contribution is 2.33. The largest absolute Gasteiger partial charge is 0.486 e. The highest BCUT2D eigenvalue weighted by atomic mass is 32.2. The van der Waals surface area contributed by atoms with Gasteiger partial charge in [-0.2, -0.15) is 0 Å². The Morgan fingerprint density at radius 3 is 2.67 bits per heavy atom. The molecule has 1 unspecified atom stereocenters. The molecule has 1 aliphatic heterocycles. The lowest BCUT2D eigenvalue weighted by atomic mass is 10.1. The van der Waals surface area contributed by atoms with Crippen molar-refractivity contribution in [1.29, 1.82) is 0 Å². The van der Waals surface area contributed by atoms with Gasteiger partial charge in [0, 0.05) is 16.7 Å². The van der Waals surface area contributed by atoms with Gasteiger partial charge in [-0.05, 0) is 29.8 Å². The third-order valence-corrected chi connectivity index (χ3v) is 4.42. The van der Waals surface area contributed by atoms with Gasteiger partial charge in [-0.25, -0.2) is 4.39 Å². The Bertz CT molecular complexity index is 635. The standard InChI is InChI=1S/C16H16FNO2S/c17-12-3-1-2-4-16(12)21-10-13(18)11-5-6-14-15(9-11)20-8-7-19-14/h1-6,9,13H,7-8,10,18H2. The Kier molecular flexibility index (Phi) is 4.31. The Morgan fingerprint density at radius 2 is 1.86 bits per heavy atom. The van der Waals surface area contributed by atoms with Gasteiger partial charge >= 0.3 is 0 Å². The summed E-state index contributed by atoms with van der Waals surface area (Å²) in [5, 5.41) is 0. The summed E-state index contributed by atoms with van der Waals surface area (Å²) in [6, 6.07) is 12.2. The quantitative estimate of drug-likeness (QED) is 0.880. The number of hydrogen-bond donors (Lipinski definition) is 1. The van der Waals surface area contributed by atoms with Gasteiger partial charge in [0.25, 0.3) is 0 Å². The third-order valence-electron chi connectivity index (χ3n) is 3.25. The fourth-order valence-electron chi connectivity index (χ4n) is 2.13. The van der Waals surface area contributed by atoms with E-state index in [1.807, 2.05) is 24.3 Å². The SMILES string of the molecule is NC(CSc1ccccc1F)c1ccc2c(c1)OCCO2. The van der Waals surface area contributed by atoms with Crippen LogP contribution in [0.1, 0.15) is 11.6 Å². The van der Waals surface area contributed by atoms with Gasteiger partial charge in [0.2, 0.25) is 0 Å². The molecule has 0 aromatic heterocycles. The average molecular weight is 305 g/mol. The Hall–Kier alpha value is -1.72. The van der Waals surface area contributed by atoms with Gasteiger partial charge in [-0.3, -0.25) is 0 Å². The molecule has 2 aromatic carbocycles. The van der Waals surface area contributed by atoms with E-state index in [1.54, 1.807) is 12.1 Å². The maximum Gasteiger partial charge on any atom is 0.161 e. The molecule has 0 aliphatic carbocycles. The highest BCUT2D eigenvalue weighted by molar-refractivity contribution is 7.99. The fourth-order valence-corrected chi connectivity index (χ4v) is 3.06. The summed E-state index contributed by atoms with van der Waals surface area (Å²) in [6.07, 6.45) is 0. The molecule has 1 atom stereocenters. The molecule has 21 heavy (non-hydrogen) atoms. The van der Waals surface area contributed by atoms with Gasteiger partial charge in [0.15, 0.2) is 11.5 Å². The summed E-state index contributed by atoms with van der Waals surface area (Å²) in [7, 11) is 0. The van der Waals surface area contributed by atoms with Gasteiger partial charge < -0.3 is 15.2 Å². The minimum Gasteiger partial charge on any atom is -0.486 e. The lowest BCUT2D eigenvalue weighted by Gasteiger charge is -2.20. The molecule has 0 radical (unpaired) electrons. The normalized spacial score (nSPS) is 14.8. The van der Waals surface area contributed by atoms with E-state index in [1.165, 1.54) is 17.8 Å². The second kappa shape index (κ2) is 6.37. The van der Waals surface area contributed by atoms with Crippen LogP contribution >= 0.6 is 11.8 Å². The number of halogens is 1. The van der Waals surface area contributed by atoms with E-state index in [4.69, 9.17) is 15.2 Å². The maximum atomic E-state index is 13.6. The van der Waals surface area contributed by atoms with Crippen molar-refractivity contribution in [3.8, 4) is 11.5 Å². The molecule has 0 saturated heterocycles. The highest BCUT2D eigenvalue weighted by Gasteiger charge is 2.15. The molecule has 0 saturated carbocycles. The first-order valence-corrected chi connectivity index (χ1v) is 7.75. The van der Waals surface area contributed by atoms with Gasteiger partial charge in [0.05, 0.1) is 0 Å². The summed E-state index contributed by atoms with van der Waals surface area (Å²) in [4.78, 5) is 0.616. The maximum absolute atomic E-state index is 13.6. The molecule has 2 aromatic rings. The van der Waals surface area contributed by atoms with Crippen molar-refractivity contribution in [2.75, 3.05) is 19.0 Å². The van der Waals surface area contributed by atoms with Gasteiger partial charge in [-0.15, -0.1) is 11.8 Å². The van der Waals surface area contributed by atoms with Crippen molar-refractivity contribution < 1.29 is 13.9 Å². The molecule has 0 spiro atoms. The van der Waals surface area contributed by atoms with Crippen molar-refractivity contribution in [3.05, 3.63) is 53.8 Å². The Morgan fingerprint density at radius 1 is 1.10 bits per heavy atom. The first-order valence-electron chi connectivity index (χ1n) is 6.76. The van der Waals surface area contributed by atoms with E-state index < -0.39 is 0 Å². The summed E-state index contributed by atoms with van der Waals surface area (Å²) in [5.74, 6) is 1.86. The fraction of sp³-hybridized carbons (Fsp3) is 0.250. The van der Waals surface area contributed by atoms with E-state index in [0.29, 0.717) is 23.9 Å². The van der Waals surface area contributed by atoms with Crippen molar-refractivity contribution in [1.82, 2.24) is 0 Å². The molecule has 5 heteroatoms. The van der Waals surface area contributed by atoms with Crippen LogP contribution in [0.15, 0.2) is 47.4 Å². The molecule has 0 amide bonds. The van der Waals surface area contributed by atoms with Gasteiger partial charge in [-0.1, -0.05) is 18.2 Å². The predicted molar refractivity (Wildman–Crippen MR) is 81.5 cm³/mol. The van der Waals surface area contributed by atoms with Crippen molar-refractivity contribution >= 4 is 11.8 Å². The van der Waals surface area contributed by atoms with Crippen LogP contribution in [0.4, 0.5) is 4.39 Å². The molecule has 0 bridgehead atoms. The minimum atomic E-state index is -0.211. The summed E-state index contributed by atoms with van der Waals surface area (Å²) >= 11 is 1.42. The molecule has 1 heterocycles. The van der Waals surface area contributed by atoms with Crippen molar-refractivity contribution in [2.24, 2.45) is 5.73 Å². The summed E-state index contributed by atoms with van der Waals surface area (Å²) in [5.41, 5.74) is 7.15. The predicted octanol–water partition coefficient (Wildman–Crippen LogP) is 3.39. The Labute approximate surface area is 127 Å². The number of nitrogens with two attached hydrogens (primary N) is 1. The second-order valence-electron chi connectivity index (χ2n) is 4.75. The molecule has 110 valence electrons. The second-order valence-corrected chi connectivity index (χ2v) is 5.81. The number of benzene rings is 2. The van der Waals surface area contributed by atoms with Crippen LogP contribution in [-0.4, -0.2) is 19.0 Å². The number of fused-ring (bicyclic) bond motifs is 1. The van der Waals surface area contributed by atoms with Gasteiger partial charge in [0.1, 0.15) is 19.0 Å². The third kappa shape index (κ3) is 3.31. The van der Waals surface area contributed by atoms with E-state index in [0.717, 1.165) is 17.1 Å². The molecular weight excluding hydrogens is 289 g/mol. The lowest BCUT2D eigenvalue weighted by Crippen LogP contribution is -2.17. The molecule has 0 fully saturated rings. The molecule has 2 N–H and O–H groups in total. The van der Waals surface area contributed by atoms with E-state index in [2.05, 4.69) is 0 Å². The minimum absolute atomic E-state index is 0.189. The lowest BCUT2D eigenvalue weighted by molar-refractivity contribution is 0.171. The zero-order valence-electron chi connectivity index (χ0n) is 11.4. The zero-order chi connectivity index (χ0) is 14.7. The first-order chi connectivity index (χ1) is 10.2. The first kappa shape index (κ1) is 14.2. The average Bonchev–Trinajstić information content (AvgIpc) is 2.53. The molecule has 1 aliphatic rings. The summed E-state index contributed by atoms with van der Waals surface area (Å²) < 4.78 is 24.6. The van der Waals surface area contributed by atoms with E-state index >= 15 is 0 Å². The van der Waals surface area contributed by atoms with Crippen LogP contribution in [0.25, 0.3) is 0 Å². The number of hydrogen-bond acceptors (Lipinski definition) is 4. The molecule has 3 nitrogen and oxygen atoms in total. The molecular formula is C16H16FNO2S. The van der Waals surface area contributed by atoms with Crippen LogP contribution in [0.5, 0.6) is 11.5 Å². The number of rotatable bonds is 4. The van der Waals surface area contributed by atoms with Crippen molar-refractivity contribution in [3.63, 3.8) is 0 Å². The van der Waals surface area contributed by atoms with E-state index in [9.17, 15) is 4.39 Å². The van der Waals surface area contributed by atoms with Crippen LogP contribution in [-0.2, 0) is 0 Å². The number of thioether (sulfide) groups is 1. The summed E-state index contributed by atoms with van der Waals surface area (Å²) in [6.45, 7) is 1.12.